The molecule has 1 amide bonds. The third-order valence-electron chi connectivity index (χ3n) is 8.66. The molecule has 1 saturated heterocycles. The van der Waals surface area contributed by atoms with E-state index >= 15 is 0 Å². The Morgan fingerprint density at radius 2 is 1.53 bits per heavy atom. The van der Waals surface area contributed by atoms with Gasteiger partial charge in [-0.15, -0.1) is 0 Å². The van der Waals surface area contributed by atoms with Crippen LogP contribution in [-0.4, -0.2) is 70.7 Å². The van der Waals surface area contributed by atoms with Gasteiger partial charge < -0.3 is 19.3 Å². The lowest BCUT2D eigenvalue weighted by Gasteiger charge is -2.49. The number of azide groups is 3. The molecule has 2 aliphatic rings. The lowest BCUT2D eigenvalue weighted by molar-refractivity contribution is -0.182. The summed E-state index contributed by atoms with van der Waals surface area (Å²) >= 11 is 0. The van der Waals surface area contributed by atoms with E-state index < -0.39 is 66.6 Å². The van der Waals surface area contributed by atoms with Gasteiger partial charge in [-0.3, -0.25) is 9.69 Å². The van der Waals surface area contributed by atoms with E-state index in [1.165, 1.54) is 0 Å². The Labute approximate surface area is 271 Å². The Morgan fingerprint density at radius 1 is 0.936 bits per heavy atom. The van der Waals surface area contributed by atoms with Gasteiger partial charge in [-0.25, -0.2) is 4.79 Å². The minimum absolute atomic E-state index is 0.0511. The van der Waals surface area contributed by atoms with E-state index in [9.17, 15) is 25.8 Å². The molecule has 0 radical (unpaired) electrons. The highest BCUT2D eigenvalue weighted by molar-refractivity contribution is 5.68. The van der Waals surface area contributed by atoms with E-state index in [-0.39, 0.29) is 19.6 Å². The highest BCUT2D eigenvalue weighted by atomic mass is 16.6. The minimum atomic E-state index is -1.50. The Morgan fingerprint density at radius 3 is 2.13 bits per heavy atom. The van der Waals surface area contributed by atoms with Crippen molar-refractivity contribution in [2.75, 3.05) is 0 Å². The van der Waals surface area contributed by atoms with Crippen molar-refractivity contribution in [3.63, 3.8) is 0 Å². The predicted octanol–water partition coefficient (Wildman–Crippen LogP) is 6.50. The average Bonchev–Trinajstić information content (AvgIpc) is 3.07. The van der Waals surface area contributed by atoms with Crippen molar-refractivity contribution in [1.29, 1.82) is 0 Å². The zero-order chi connectivity index (χ0) is 33.8. The van der Waals surface area contributed by atoms with Crippen molar-refractivity contribution in [2.24, 2.45) is 21.3 Å². The molecule has 0 aromatic heterocycles. The molecule has 9 atom stereocenters. The van der Waals surface area contributed by atoms with Crippen LogP contribution in [0.4, 0.5) is 4.79 Å². The summed E-state index contributed by atoms with van der Waals surface area (Å²) < 4.78 is 17.8. The van der Waals surface area contributed by atoms with Crippen molar-refractivity contribution in [2.45, 2.75) is 101 Å². The number of esters is 1. The molecular weight excluding hydrogens is 608 g/mol. The fourth-order valence-corrected chi connectivity index (χ4v) is 6.60. The number of nitrogens with zero attached hydrogens (tertiary/aromatic N) is 10. The minimum Gasteiger partial charge on any atom is -0.459 e. The topological polar surface area (TPSA) is 232 Å². The number of aliphatic hydroxyl groups is 1. The first-order chi connectivity index (χ1) is 22.8. The fraction of sp³-hybridized carbons (Fsp3) is 0.548. The first kappa shape index (κ1) is 34.9. The van der Waals surface area contributed by atoms with Crippen LogP contribution in [0.15, 0.2) is 76.0 Å². The number of carbonyl (C=O) groups is 2. The summed E-state index contributed by atoms with van der Waals surface area (Å²) in [6, 6.07) is 15.5. The summed E-state index contributed by atoms with van der Waals surface area (Å²) in [5.74, 6) is -1.72. The van der Waals surface area contributed by atoms with Crippen LogP contribution in [0.25, 0.3) is 31.3 Å². The molecule has 4 unspecified atom stereocenters. The second-order valence-electron chi connectivity index (χ2n) is 11.5. The third-order valence-corrected chi connectivity index (χ3v) is 8.66. The Bertz CT molecular complexity index is 1500. The predicted molar refractivity (Wildman–Crippen MR) is 169 cm³/mol. The maximum Gasteiger partial charge on any atom is 0.410 e. The third kappa shape index (κ3) is 8.85. The molecule has 16 nitrogen and oxygen atoms in total. The van der Waals surface area contributed by atoms with Gasteiger partial charge in [-0.2, -0.15) is 0 Å². The summed E-state index contributed by atoms with van der Waals surface area (Å²) in [5.41, 5.74) is 29.7. The van der Waals surface area contributed by atoms with Gasteiger partial charge in [0, 0.05) is 40.2 Å². The molecule has 47 heavy (non-hydrogen) atoms. The lowest BCUT2D eigenvalue weighted by Crippen LogP contribution is -2.61. The van der Waals surface area contributed by atoms with Crippen LogP contribution in [0.1, 0.15) is 50.7 Å². The maximum atomic E-state index is 13.7. The first-order valence-electron chi connectivity index (χ1n) is 15.5. The number of carbonyl (C=O) groups excluding carboxylic acids is 2. The molecular formula is C31H38N10O6. The number of benzene rings is 2. The van der Waals surface area contributed by atoms with E-state index in [0.29, 0.717) is 19.3 Å². The van der Waals surface area contributed by atoms with Crippen molar-refractivity contribution >= 4 is 12.1 Å². The zero-order valence-electron chi connectivity index (χ0n) is 26.2. The summed E-state index contributed by atoms with van der Waals surface area (Å²) in [6.07, 6.45) is -3.77. The van der Waals surface area contributed by atoms with Crippen molar-refractivity contribution in [3.8, 4) is 0 Å². The van der Waals surface area contributed by atoms with Crippen LogP contribution in [0, 0.1) is 5.92 Å². The molecule has 2 aromatic rings. The highest BCUT2D eigenvalue weighted by Crippen LogP contribution is 2.41. The van der Waals surface area contributed by atoms with E-state index in [4.69, 9.17) is 19.7 Å². The summed E-state index contributed by atoms with van der Waals surface area (Å²) in [6.45, 7) is 3.38. The van der Waals surface area contributed by atoms with Gasteiger partial charge in [0.2, 0.25) is 0 Å². The molecule has 1 aliphatic heterocycles. The molecule has 0 spiro atoms. The molecule has 0 bridgehead atoms. The SMILES string of the molecule is CC[C@@H]([C@@H]1CCC(N=[N+]=[N-])C([C@@H]2C(N=[N+]=[N-])CC(N=[N+]=[N-])[C@H](OC(C)=O)[C@H]2O)O1)N(Cc1ccccc1)C(=O)OCc1ccccc1. The second-order valence-corrected chi connectivity index (χ2v) is 11.5. The molecule has 1 N–H and O–H groups in total. The Hall–Kier alpha value is -4.97. The number of aliphatic hydroxyl groups excluding tert-OH is 1. The molecule has 2 aromatic carbocycles. The summed E-state index contributed by atoms with van der Waals surface area (Å²) in [5, 5.41) is 23.2. The van der Waals surface area contributed by atoms with Gasteiger partial charge in [0.25, 0.3) is 0 Å². The largest absolute Gasteiger partial charge is 0.459 e. The number of ether oxygens (including phenoxy) is 3. The number of hydrogen-bond donors (Lipinski definition) is 1. The fourth-order valence-electron chi connectivity index (χ4n) is 6.60. The van der Waals surface area contributed by atoms with Crippen LogP contribution < -0.4 is 0 Å². The normalized spacial score (nSPS) is 27.5. The molecule has 1 aliphatic carbocycles. The lowest BCUT2D eigenvalue weighted by atomic mass is 9.72. The monoisotopic (exact) mass is 646 g/mol. The summed E-state index contributed by atoms with van der Waals surface area (Å²) in [4.78, 5) is 36.1. The zero-order valence-corrected chi connectivity index (χ0v) is 26.2. The summed E-state index contributed by atoms with van der Waals surface area (Å²) in [7, 11) is 0. The van der Waals surface area contributed by atoms with Crippen LogP contribution in [-0.2, 0) is 32.2 Å². The van der Waals surface area contributed by atoms with E-state index in [1.807, 2.05) is 67.6 Å². The first-order valence-corrected chi connectivity index (χ1v) is 15.5. The van der Waals surface area contributed by atoms with Crippen LogP contribution in [0.2, 0.25) is 0 Å². The van der Waals surface area contributed by atoms with E-state index in [0.717, 1.165) is 18.1 Å². The van der Waals surface area contributed by atoms with Crippen molar-refractivity contribution in [3.05, 3.63) is 103 Å². The van der Waals surface area contributed by atoms with Crippen LogP contribution in [0.3, 0.4) is 0 Å². The van der Waals surface area contributed by atoms with Gasteiger partial charge >= 0.3 is 12.1 Å². The standard InChI is InChI=1S/C31H38N10O6/c1-3-25(41(17-20-10-6-4-7-11-20)31(44)45-18-21-12-8-5-9-13-21)26-15-14-22(35-38-32)29(47-26)27-23(36-39-33)16-24(37-40-34)30(28(27)43)46-19(2)42/h4-13,22-30,43H,3,14-18H2,1-2H3/t22?,23?,24?,25-,26-,27+,28-,29?,30-/m0/s1. The number of rotatable bonds is 12. The van der Waals surface area contributed by atoms with Crippen molar-refractivity contribution in [1.82, 2.24) is 4.90 Å². The van der Waals surface area contributed by atoms with Gasteiger partial charge in [-0.1, -0.05) is 82.9 Å². The van der Waals surface area contributed by atoms with E-state index in [1.54, 1.807) is 4.90 Å². The van der Waals surface area contributed by atoms with Gasteiger partial charge in [0.15, 0.2) is 0 Å². The van der Waals surface area contributed by atoms with Gasteiger partial charge in [-0.05, 0) is 53.4 Å². The molecule has 2 fully saturated rings. The number of hydrogen-bond acceptors (Lipinski definition) is 9. The quantitative estimate of drug-likeness (QED) is 0.117. The van der Waals surface area contributed by atoms with E-state index in [2.05, 4.69) is 30.1 Å². The highest BCUT2D eigenvalue weighted by Gasteiger charge is 2.52. The van der Waals surface area contributed by atoms with Crippen molar-refractivity contribution < 1.29 is 28.9 Å². The molecule has 4 rings (SSSR count). The van der Waals surface area contributed by atoms with Gasteiger partial charge in [0.1, 0.15) is 12.7 Å². The second kappa shape index (κ2) is 17.1. The van der Waals surface area contributed by atoms with Crippen LogP contribution >= 0.6 is 0 Å². The van der Waals surface area contributed by atoms with Gasteiger partial charge in [0.05, 0.1) is 36.4 Å². The molecule has 1 heterocycles. The molecule has 1 saturated carbocycles. The molecule has 16 heteroatoms. The van der Waals surface area contributed by atoms with Crippen LogP contribution in [0.5, 0.6) is 0 Å². The smallest absolute Gasteiger partial charge is 0.410 e. The Kier molecular flexibility index (Phi) is 12.7. The average molecular weight is 647 g/mol. The molecule has 248 valence electrons. The Balaban J connectivity index is 1.68. The maximum absolute atomic E-state index is 13.7. The number of amides is 1.